The highest BCUT2D eigenvalue weighted by Crippen LogP contribution is 2.48. The van der Waals surface area contributed by atoms with Crippen LogP contribution in [0.25, 0.3) is 22.2 Å². The van der Waals surface area contributed by atoms with Gasteiger partial charge in [-0.3, -0.25) is 9.78 Å². The Balaban J connectivity index is 1.52. The van der Waals surface area contributed by atoms with Crippen molar-refractivity contribution in [1.82, 2.24) is 19.2 Å². The SMILES string of the molecule is COc1ccc2c(c1)CC(c1cc(OCCN(C)C)ccn1)Cn1c-2c(C2CCCCC2)c2ccc(C(=O)NS(=O)(=O)C(C)C)cc21. The fourth-order valence-electron chi connectivity index (χ4n) is 7.04. The Kier molecular flexibility index (Phi) is 9.62. The van der Waals surface area contributed by atoms with Gasteiger partial charge in [-0.1, -0.05) is 25.3 Å². The molecule has 2 aromatic heterocycles. The minimum absolute atomic E-state index is 0.00751. The standard InChI is InChI=1S/C37H46N4O5S/c1-24(2)47(43,44)39-37(42)26-11-13-32-34(21-26)41-23-28(33-22-30(15-16-38-33)46-18-17-40(3)4)19-27-20-29(45-5)12-14-31(27)36(41)35(32)25-9-7-6-8-10-25/h11-16,20-22,24-25,28H,6-10,17-19,23H2,1-5H3,(H,39,42). The zero-order chi connectivity index (χ0) is 33.3. The minimum atomic E-state index is -3.78. The molecule has 2 aromatic carbocycles. The zero-order valence-electron chi connectivity index (χ0n) is 28.1. The van der Waals surface area contributed by atoms with Gasteiger partial charge in [-0.25, -0.2) is 13.1 Å². The van der Waals surface area contributed by atoms with Crippen LogP contribution in [0.15, 0.2) is 54.7 Å². The molecular formula is C37H46N4O5S. The number of methoxy groups -OCH3 is 1. The third-order valence-electron chi connectivity index (χ3n) is 9.65. The first kappa shape index (κ1) is 33.0. The van der Waals surface area contributed by atoms with Gasteiger partial charge in [0, 0.05) is 59.0 Å². The van der Waals surface area contributed by atoms with Crippen LogP contribution in [0.5, 0.6) is 11.5 Å². The van der Waals surface area contributed by atoms with Crippen molar-refractivity contribution in [2.45, 2.75) is 76.0 Å². The smallest absolute Gasteiger partial charge is 0.264 e. The van der Waals surface area contributed by atoms with Crippen LogP contribution in [0.2, 0.25) is 0 Å². The second-order valence-corrected chi connectivity index (χ2v) is 15.7. The number of hydrogen-bond acceptors (Lipinski definition) is 7. The number of likely N-dealkylation sites (N-methyl/N-ethyl adjacent to an activating group) is 1. The first-order chi connectivity index (χ1) is 22.6. The molecule has 0 radical (unpaired) electrons. The lowest BCUT2D eigenvalue weighted by atomic mass is 9.81. The van der Waals surface area contributed by atoms with Crippen molar-refractivity contribution in [2.75, 3.05) is 34.4 Å². The summed E-state index contributed by atoms with van der Waals surface area (Å²) in [6.07, 6.45) is 8.42. The monoisotopic (exact) mass is 658 g/mol. The number of carbonyl (C=O) groups is 1. The predicted octanol–water partition coefficient (Wildman–Crippen LogP) is 6.51. The topological polar surface area (TPSA) is 103 Å². The number of sulfonamides is 1. The first-order valence-corrected chi connectivity index (χ1v) is 18.2. The Morgan fingerprint density at radius 1 is 1.02 bits per heavy atom. The molecule has 1 aliphatic heterocycles. The van der Waals surface area contributed by atoms with Crippen LogP contribution < -0.4 is 14.2 Å². The number of ether oxygens (including phenoxy) is 2. The fourth-order valence-corrected chi connectivity index (χ4v) is 7.65. The van der Waals surface area contributed by atoms with Gasteiger partial charge in [-0.15, -0.1) is 0 Å². The summed E-state index contributed by atoms with van der Waals surface area (Å²) in [4.78, 5) is 20.3. The Morgan fingerprint density at radius 3 is 2.53 bits per heavy atom. The number of nitrogens with one attached hydrogen (secondary N) is 1. The maximum atomic E-state index is 13.3. The van der Waals surface area contributed by atoms with Crippen LogP contribution in [0.3, 0.4) is 0 Å². The molecule has 9 nitrogen and oxygen atoms in total. The zero-order valence-corrected chi connectivity index (χ0v) is 28.9. The number of aromatic nitrogens is 2. The third-order valence-corrected chi connectivity index (χ3v) is 11.4. The van der Waals surface area contributed by atoms with Crippen LogP contribution >= 0.6 is 0 Å². The summed E-state index contributed by atoms with van der Waals surface area (Å²) in [7, 11) is 1.97. The summed E-state index contributed by atoms with van der Waals surface area (Å²) < 4.78 is 41.7. The lowest BCUT2D eigenvalue weighted by Gasteiger charge is -2.24. The highest BCUT2D eigenvalue weighted by molar-refractivity contribution is 7.90. The van der Waals surface area contributed by atoms with Crippen molar-refractivity contribution in [3.8, 4) is 22.8 Å². The Morgan fingerprint density at radius 2 is 1.81 bits per heavy atom. The molecule has 10 heteroatoms. The molecule has 6 rings (SSSR count). The molecule has 1 unspecified atom stereocenters. The molecule has 1 amide bonds. The van der Waals surface area contributed by atoms with Gasteiger partial charge in [0.2, 0.25) is 10.0 Å². The number of pyridine rings is 1. The number of nitrogens with zero attached hydrogens (tertiary/aromatic N) is 3. The molecule has 1 N–H and O–H groups in total. The molecule has 2 aliphatic rings. The average molecular weight is 659 g/mol. The maximum Gasteiger partial charge on any atom is 0.264 e. The van der Waals surface area contributed by atoms with Gasteiger partial charge in [0.25, 0.3) is 5.91 Å². The highest BCUT2D eigenvalue weighted by atomic mass is 32.2. The second kappa shape index (κ2) is 13.7. The van der Waals surface area contributed by atoms with Gasteiger partial charge in [0.1, 0.15) is 18.1 Å². The van der Waals surface area contributed by atoms with Crippen LogP contribution in [0.1, 0.15) is 85.0 Å². The molecule has 250 valence electrons. The van der Waals surface area contributed by atoms with E-state index < -0.39 is 21.2 Å². The minimum Gasteiger partial charge on any atom is -0.497 e. The molecule has 1 aliphatic carbocycles. The maximum absolute atomic E-state index is 13.3. The second-order valence-electron chi connectivity index (χ2n) is 13.5. The molecule has 1 saturated carbocycles. The fraction of sp³-hybridized carbons (Fsp3) is 0.459. The summed E-state index contributed by atoms with van der Waals surface area (Å²) in [5.74, 6) is 1.38. The summed E-state index contributed by atoms with van der Waals surface area (Å²) in [5, 5.41) is 0.397. The molecule has 47 heavy (non-hydrogen) atoms. The van der Waals surface area contributed by atoms with E-state index in [4.69, 9.17) is 14.5 Å². The van der Waals surface area contributed by atoms with Crippen molar-refractivity contribution in [1.29, 1.82) is 0 Å². The molecule has 0 saturated heterocycles. The normalized spacial score (nSPS) is 17.0. The van der Waals surface area contributed by atoms with Crippen molar-refractivity contribution in [3.63, 3.8) is 0 Å². The van der Waals surface area contributed by atoms with Gasteiger partial charge in [0.15, 0.2) is 0 Å². The van der Waals surface area contributed by atoms with E-state index in [-0.39, 0.29) is 5.92 Å². The first-order valence-electron chi connectivity index (χ1n) is 16.7. The van der Waals surface area contributed by atoms with E-state index >= 15 is 0 Å². The van der Waals surface area contributed by atoms with E-state index in [1.807, 2.05) is 44.6 Å². The lowest BCUT2D eigenvalue weighted by Crippen LogP contribution is -2.35. The quantitative estimate of drug-likeness (QED) is 0.207. The molecule has 4 aromatic rings. The molecular weight excluding hydrogens is 612 g/mol. The van der Waals surface area contributed by atoms with Gasteiger partial charge in [-0.05, 0) is 101 Å². The van der Waals surface area contributed by atoms with Crippen molar-refractivity contribution in [2.24, 2.45) is 0 Å². The number of hydrogen-bond donors (Lipinski definition) is 1. The summed E-state index contributed by atoms with van der Waals surface area (Å²) >= 11 is 0. The largest absolute Gasteiger partial charge is 0.497 e. The molecule has 0 spiro atoms. The van der Waals surface area contributed by atoms with Gasteiger partial charge < -0.3 is 18.9 Å². The summed E-state index contributed by atoms with van der Waals surface area (Å²) in [6.45, 7) is 5.15. The number of fused-ring (bicyclic) bond motifs is 5. The predicted molar refractivity (Wildman–Crippen MR) is 186 cm³/mol. The molecule has 1 atom stereocenters. The Bertz CT molecular complexity index is 1880. The number of rotatable bonds is 10. The van der Waals surface area contributed by atoms with Crippen LogP contribution in [-0.2, 0) is 23.0 Å². The number of benzene rings is 2. The van der Waals surface area contributed by atoms with Gasteiger partial charge in [-0.2, -0.15) is 0 Å². The Labute approximate surface area is 278 Å². The van der Waals surface area contributed by atoms with Crippen molar-refractivity contribution >= 4 is 26.8 Å². The van der Waals surface area contributed by atoms with E-state index in [2.05, 4.69) is 32.4 Å². The highest BCUT2D eigenvalue weighted by Gasteiger charge is 2.32. The van der Waals surface area contributed by atoms with E-state index in [0.29, 0.717) is 24.6 Å². The van der Waals surface area contributed by atoms with Crippen LogP contribution in [-0.4, -0.2) is 68.4 Å². The number of amides is 1. The lowest BCUT2D eigenvalue weighted by molar-refractivity contribution is 0.0981. The van der Waals surface area contributed by atoms with Crippen LogP contribution in [0.4, 0.5) is 0 Å². The summed E-state index contributed by atoms with van der Waals surface area (Å²) in [6, 6.07) is 16.0. The van der Waals surface area contributed by atoms with Gasteiger partial charge in [0.05, 0.1) is 18.1 Å². The van der Waals surface area contributed by atoms with Gasteiger partial charge >= 0.3 is 0 Å². The number of carbonyl (C=O) groups excluding carboxylic acids is 1. The summed E-state index contributed by atoms with van der Waals surface area (Å²) in [5.41, 5.74) is 7.04. The Hall–Kier alpha value is -3.89. The molecule has 0 bridgehead atoms. The van der Waals surface area contributed by atoms with E-state index in [0.717, 1.165) is 59.5 Å². The van der Waals surface area contributed by atoms with E-state index in [1.54, 1.807) is 27.0 Å². The molecule has 3 heterocycles. The molecule has 1 fully saturated rings. The van der Waals surface area contributed by atoms with E-state index in [1.165, 1.54) is 36.1 Å². The third kappa shape index (κ3) is 6.90. The van der Waals surface area contributed by atoms with Crippen LogP contribution in [0, 0.1) is 0 Å². The average Bonchev–Trinajstić information content (AvgIpc) is 3.27. The van der Waals surface area contributed by atoms with Crippen molar-refractivity contribution in [3.05, 3.63) is 77.1 Å². The van der Waals surface area contributed by atoms with Crippen molar-refractivity contribution < 1.29 is 22.7 Å². The van der Waals surface area contributed by atoms with E-state index in [9.17, 15) is 13.2 Å².